The quantitative estimate of drug-likeness (QED) is 0.552. The maximum absolute atomic E-state index is 10.9. The van der Waals surface area contributed by atoms with E-state index in [0.717, 1.165) is 74.6 Å². The second kappa shape index (κ2) is 8.07. The van der Waals surface area contributed by atoms with E-state index < -0.39 is 0 Å². The molecule has 3 unspecified atom stereocenters. The zero-order valence-corrected chi connectivity index (χ0v) is 19.4. The summed E-state index contributed by atoms with van der Waals surface area (Å²) in [5.74, 6) is 1.56. The van der Waals surface area contributed by atoms with Gasteiger partial charge in [0.05, 0.1) is 12.4 Å². The second-order valence-electron chi connectivity index (χ2n) is 9.48. The Kier molecular flexibility index (Phi) is 5.15. The monoisotopic (exact) mass is 472 g/mol. The van der Waals surface area contributed by atoms with Crippen molar-refractivity contribution in [2.24, 2.45) is 0 Å². The lowest BCUT2D eigenvalue weighted by Crippen LogP contribution is -2.47. The molecule has 4 heterocycles. The standard InChI is InChI=1S/C23H29ClN6O3/c1-13-18-14-10-15(21(18)33-27-13)20-19(14)22(31)30(23(20)32)5-3-2-4-28-6-8-29(9-7-28)17-12-25-11-16(24)26-17/h11-12,14-15,21,27,31-32H,2-10H2,1H3. The lowest BCUT2D eigenvalue weighted by molar-refractivity contribution is 0.0298. The number of fused-ring (bicyclic) bond motifs is 8. The van der Waals surface area contributed by atoms with Crippen molar-refractivity contribution in [3.63, 3.8) is 0 Å². The third-order valence-corrected chi connectivity index (χ3v) is 7.89. The summed E-state index contributed by atoms with van der Waals surface area (Å²) in [6, 6.07) is 0. The van der Waals surface area contributed by atoms with Crippen LogP contribution in [0.15, 0.2) is 23.7 Å². The molecule has 33 heavy (non-hydrogen) atoms. The average molecular weight is 473 g/mol. The smallest absolute Gasteiger partial charge is 0.198 e. The van der Waals surface area contributed by atoms with Crippen LogP contribution >= 0.6 is 11.6 Å². The molecule has 0 aromatic carbocycles. The summed E-state index contributed by atoms with van der Waals surface area (Å²) in [4.78, 5) is 18.9. The molecule has 1 saturated heterocycles. The van der Waals surface area contributed by atoms with E-state index in [-0.39, 0.29) is 29.7 Å². The van der Waals surface area contributed by atoms with Crippen LogP contribution in [0.5, 0.6) is 11.8 Å². The molecule has 2 aromatic rings. The average Bonchev–Trinajstić information content (AvgIpc) is 3.54. The number of aromatic nitrogens is 3. The molecule has 2 bridgehead atoms. The SMILES string of the molecule is CC1=C2C3CC(c4c3c(O)n(CCCCN3CCN(c5cncc(Cl)n5)CC3)c4O)C2ON1. The Morgan fingerprint density at radius 2 is 1.85 bits per heavy atom. The molecule has 0 spiro atoms. The van der Waals surface area contributed by atoms with Gasteiger partial charge in [-0.15, -0.1) is 0 Å². The number of allylic oxidation sites excluding steroid dienone is 1. The summed E-state index contributed by atoms with van der Waals surface area (Å²) in [7, 11) is 0. The fourth-order valence-electron chi connectivity index (χ4n) is 6.14. The van der Waals surface area contributed by atoms with Gasteiger partial charge in [-0.1, -0.05) is 11.6 Å². The van der Waals surface area contributed by atoms with Gasteiger partial charge < -0.3 is 15.1 Å². The molecule has 0 radical (unpaired) electrons. The van der Waals surface area contributed by atoms with E-state index in [4.69, 9.17) is 16.4 Å². The van der Waals surface area contributed by atoms with Gasteiger partial charge in [0.15, 0.2) is 11.8 Å². The van der Waals surface area contributed by atoms with E-state index in [1.54, 1.807) is 17.0 Å². The lowest BCUT2D eigenvalue weighted by Gasteiger charge is -2.35. The van der Waals surface area contributed by atoms with Crippen LogP contribution in [-0.4, -0.2) is 68.5 Å². The van der Waals surface area contributed by atoms with Crippen molar-refractivity contribution in [2.45, 2.75) is 50.7 Å². The number of hydroxylamine groups is 1. The minimum Gasteiger partial charge on any atom is -0.494 e. The first-order valence-electron chi connectivity index (χ1n) is 11.7. The molecule has 4 aliphatic rings. The van der Waals surface area contributed by atoms with E-state index in [1.807, 2.05) is 6.92 Å². The third kappa shape index (κ3) is 3.36. The van der Waals surface area contributed by atoms with Gasteiger partial charge in [-0.2, -0.15) is 0 Å². The highest BCUT2D eigenvalue weighted by Crippen LogP contribution is 2.64. The van der Waals surface area contributed by atoms with Gasteiger partial charge in [0, 0.05) is 61.4 Å². The minimum atomic E-state index is -0.0137. The van der Waals surface area contributed by atoms with Crippen molar-refractivity contribution in [1.29, 1.82) is 0 Å². The van der Waals surface area contributed by atoms with Crippen molar-refractivity contribution in [3.05, 3.63) is 39.9 Å². The van der Waals surface area contributed by atoms with Gasteiger partial charge in [-0.25, -0.2) is 4.98 Å². The van der Waals surface area contributed by atoms with Crippen LogP contribution in [0.2, 0.25) is 5.15 Å². The molecular formula is C23H29ClN6O3. The Labute approximate surface area is 197 Å². The first-order valence-corrected chi connectivity index (χ1v) is 12.1. The summed E-state index contributed by atoms with van der Waals surface area (Å²) in [5.41, 5.74) is 7.07. The molecular weight excluding hydrogens is 444 g/mol. The van der Waals surface area contributed by atoms with Crippen LogP contribution < -0.4 is 10.4 Å². The number of unbranched alkanes of at least 4 members (excludes halogenated alkanes) is 1. The maximum atomic E-state index is 10.9. The number of anilines is 1. The summed E-state index contributed by atoms with van der Waals surface area (Å²) in [5, 5.41) is 22.3. The summed E-state index contributed by atoms with van der Waals surface area (Å²) in [6.45, 7) is 7.37. The van der Waals surface area contributed by atoms with Crippen molar-refractivity contribution >= 4 is 17.4 Å². The van der Waals surface area contributed by atoms with E-state index in [9.17, 15) is 10.2 Å². The predicted molar refractivity (Wildman–Crippen MR) is 123 cm³/mol. The predicted octanol–water partition coefficient (Wildman–Crippen LogP) is 2.71. The van der Waals surface area contributed by atoms with Gasteiger partial charge in [-0.3, -0.25) is 24.8 Å². The number of aromatic hydroxyl groups is 2. The molecule has 2 aliphatic heterocycles. The molecule has 3 atom stereocenters. The minimum absolute atomic E-state index is 0.0137. The number of rotatable bonds is 6. The molecule has 6 rings (SSSR count). The van der Waals surface area contributed by atoms with Crippen LogP contribution in [0.4, 0.5) is 5.82 Å². The van der Waals surface area contributed by atoms with Gasteiger partial charge in [0.1, 0.15) is 17.1 Å². The highest BCUT2D eigenvalue weighted by molar-refractivity contribution is 6.29. The van der Waals surface area contributed by atoms with Crippen molar-refractivity contribution < 1.29 is 15.1 Å². The van der Waals surface area contributed by atoms with E-state index in [1.165, 1.54) is 5.57 Å². The molecule has 1 saturated carbocycles. The summed E-state index contributed by atoms with van der Waals surface area (Å²) < 4.78 is 1.70. The molecule has 3 N–H and O–H groups in total. The zero-order valence-electron chi connectivity index (χ0n) is 18.7. The molecule has 2 aliphatic carbocycles. The van der Waals surface area contributed by atoms with E-state index >= 15 is 0 Å². The van der Waals surface area contributed by atoms with Crippen LogP contribution in [0.1, 0.15) is 49.1 Å². The Morgan fingerprint density at radius 3 is 2.64 bits per heavy atom. The van der Waals surface area contributed by atoms with Crippen LogP contribution in [-0.2, 0) is 11.4 Å². The highest BCUT2D eigenvalue weighted by Gasteiger charge is 2.55. The van der Waals surface area contributed by atoms with Crippen molar-refractivity contribution in [3.8, 4) is 11.8 Å². The van der Waals surface area contributed by atoms with Crippen LogP contribution in [0.3, 0.4) is 0 Å². The van der Waals surface area contributed by atoms with Crippen molar-refractivity contribution in [1.82, 2.24) is 24.9 Å². The Hall–Kier alpha value is -2.49. The van der Waals surface area contributed by atoms with Gasteiger partial charge in [0.2, 0.25) is 0 Å². The number of piperazine rings is 1. The number of hydrogen-bond acceptors (Lipinski definition) is 8. The van der Waals surface area contributed by atoms with Gasteiger partial charge >= 0.3 is 0 Å². The fourth-order valence-corrected chi connectivity index (χ4v) is 6.28. The van der Waals surface area contributed by atoms with E-state index in [0.29, 0.717) is 11.7 Å². The molecule has 10 heteroatoms. The number of hydrogen-bond donors (Lipinski definition) is 3. The van der Waals surface area contributed by atoms with Crippen LogP contribution in [0, 0.1) is 0 Å². The fraction of sp³-hybridized carbons (Fsp3) is 0.565. The lowest BCUT2D eigenvalue weighted by atomic mass is 9.87. The first-order chi connectivity index (χ1) is 16.0. The molecule has 9 nitrogen and oxygen atoms in total. The summed E-state index contributed by atoms with van der Waals surface area (Å²) in [6.07, 6.45) is 6.11. The second-order valence-corrected chi connectivity index (χ2v) is 9.86. The maximum Gasteiger partial charge on any atom is 0.198 e. The first kappa shape index (κ1) is 21.1. The topological polar surface area (TPSA) is 98.9 Å². The van der Waals surface area contributed by atoms with Gasteiger partial charge in [0.25, 0.3) is 0 Å². The Morgan fingerprint density at radius 1 is 1.09 bits per heavy atom. The number of nitrogens with zero attached hydrogens (tertiary/aromatic N) is 5. The third-order valence-electron chi connectivity index (χ3n) is 7.71. The normalized spacial score (nSPS) is 26.1. The van der Waals surface area contributed by atoms with Gasteiger partial charge in [-0.05, 0) is 38.3 Å². The van der Waals surface area contributed by atoms with Crippen LogP contribution in [0.25, 0.3) is 0 Å². The zero-order chi connectivity index (χ0) is 22.7. The van der Waals surface area contributed by atoms with E-state index in [2.05, 4.69) is 25.2 Å². The van der Waals surface area contributed by atoms with Crippen molar-refractivity contribution in [2.75, 3.05) is 37.6 Å². The Balaban J connectivity index is 1.03. The summed E-state index contributed by atoms with van der Waals surface area (Å²) >= 11 is 5.96. The molecule has 2 fully saturated rings. The Bertz CT molecular complexity index is 1110. The largest absolute Gasteiger partial charge is 0.494 e. The number of nitrogens with one attached hydrogen (secondary N) is 1. The molecule has 2 aromatic heterocycles. The molecule has 176 valence electrons. The highest BCUT2D eigenvalue weighted by atomic mass is 35.5. The molecule has 0 amide bonds. The number of halogens is 1.